The molecule has 0 fully saturated rings. The largest absolute Gasteiger partial charge is 0.496 e. The lowest BCUT2D eigenvalue weighted by Crippen LogP contribution is -2.08. The molecule has 0 spiro atoms. The summed E-state index contributed by atoms with van der Waals surface area (Å²) in [5.41, 5.74) is 3.67. The van der Waals surface area contributed by atoms with Crippen molar-refractivity contribution in [3.8, 4) is 17.2 Å². The lowest BCUT2D eigenvalue weighted by Gasteiger charge is -2.15. The van der Waals surface area contributed by atoms with Crippen molar-refractivity contribution in [2.45, 2.75) is 58.3 Å². The van der Waals surface area contributed by atoms with Gasteiger partial charge in [-0.1, -0.05) is 25.5 Å². The number of benzene rings is 2. The standard InChI is InChI=1S/C26H34O5/c1-4-8-23-24(28-3)9-6-10-25(23)31-16-7-15-30-21-13-14-22-19(17-21)11-12-20(22)18-26(27)29-5-2/h6,9-10,13-14,17,20H,4-5,7-8,11-12,15-16,18H2,1-3H3/t20-/m0/s1. The maximum atomic E-state index is 11.8. The second-order valence-electron chi connectivity index (χ2n) is 7.84. The highest BCUT2D eigenvalue weighted by Crippen LogP contribution is 2.37. The van der Waals surface area contributed by atoms with Gasteiger partial charge in [0.1, 0.15) is 17.2 Å². The summed E-state index contributed by atoms with van der Waals surface area (Å²) in [5, 5.41) is 0. The van der Waals surface area contributed by atoms with Crippen molar-refractivity contribution in [2.24, 2.45) is 0 Å². The molecular formula is C26H34O5. The SMILES string of the molecule is CCCc1c(OC)cccc1OCCCOc1ccc2c(c1)CC[C@H]2CC(=O)OCC. The third kappa shape index (κ3) is 6.16. The summed E-state index contributed by atoms with van der Waals surface area (Å²) in [7, 11) is 1.70. The average molecular weight is 427 g/mol. The third-order valence-electron chi connectivity index (χ3n) is 5.66. The number of aryl methyl sites for hydroxylation is 1. The molecule has 5 nitrogen and oxygen atoms in total. The number of fused-ring (bicyclic) bond motifs is 1. The zero-order valence-corrected chi connectivity index (χ0v) is 18.9. The Balaban J connectivity index is 1.47. The van der Waals surface area contributed by atoms with Crippen molar-refractivity contribution in [1.29, 1.82) is 0 Å². The molecule has 2 aromatic rings. The van der Waals surface area contributed by atoms with Crippen LogP contribution in [0.4, 0.5) is 0 Å². The van der Waals surface area contributed by atoms with E-state index in [2.05, 4.69) is 19.1 Å². The Kier molecular flexibility index (Phi) is 8.63. The van der Waals surface area contributed by atoms with Gasteiger partial charge in [0.2, 0.25) is 0 Å². The summed E-state index contributed by atoms with van der Waals surface area (Å²) in [4.78, 5) is 11.8. The van der Waals surface area contributed by atoms with E-state index < -0.39 is 0 Å². The van der Waals surface area contributed by atoms with Crippen molar-refractivity contribution in [1.82, 2.24) is 0 Å². The fourth-order valence-corrected chi connectivity index (χ4v) is 4.20. The van der Waals surface area contributed by atoms with Crippen molar-refractivity contribution < 1.29 is 23.7 Å². The monoisotopic (exact) mass is 426 g/mol. The van der Waals surface area contributed by atoms with E-state index in [0.29, 0.717) is 26.2 Å². The molecule has 1 aliphatic carbocycles. The fraction of sp³-hybridized carbons (Fsp3) is 0.500. The predicted octanol–water partition coefficient (Wildman–Crippen LogP) is 5.48. The molecule has 0 unspecified atom stereocenters. The number of rotatable bonds is 12. The fourth-order valence-electron chi connectivity index (χ4n) is 4.20. The number of carbonyl (C=O) groups is 1. The van der Waals surface area contributed by atoms with E-state index in [1.54, 1.807) is 7.11 Å². The van der Waals surface area contributed by atoms with Gasteiger partial charge in [0.15, 0.2) is 0 Å². The molecule has 0 aromatic heterocycles. The molecule has 0 radical (unpaired) electrons. The maximum Gasteiger partial charge on any atom is 0.306 e. The number of esters is 1. The van der Waals surface area contributed by atoms with E-state index in [4.69, 9.17) is 18.9 Å². The van der Waals surface area contributed by atoms with Crippen LogP contribution in [-0.2, 0) is 22.4 Å². The van der Waals surface area contributed by atoms with Crippen molar-refractivity contribution in [2.75, 3.05) is 26.9 Å². The summed E-state index contributed by atoms with van der Waals surface area (Å²) in [6.07, 6.45) is 5.21. The van der Waals surface area contributed by atoms with Gasteiger partial charge in [0, 0.05) is 12.0 Å². The summed E-state index contributed by atoms with van der Waals surface area (Å²) >= 11 is 0. The van der Waals surface area contributed by atoms with Gasteiger partial charge in [-0.15, -0.1) is 0 Å². The second kappa shape index (κ2) is 11.6. The van der Waals surface area contributed by atoms with Crippen LogP contribution < -0.4 is 14.2 Å². The quantitative estimate of drug-likeness (QED) is 0.332. The molecule has 1 atom stereocenters. The molecule has 31 heavy (non-hydrogen) atoms. The van der Waals surface area contributed by atoms with E-state index in [1.165, 1.54) is 11.1 Å². The Bertz CT molecular complexity index is 861. The Morgan fingerprint density at radius 2 is 1.87 bits per heavy atom. The molecule has 0 saturated carbocycles. The van der Waals surface area contributed by atoms with E-state index in [-0.39, 0.29) is 11.9 Å². The average Bonchev–Trinajstić information content (AvgIpc) is 3.16. The Morgan fingerprint density at radius 3 is 2.65 bits per heavy atom. The van der Waals surface area contributed by atoms with Crippen LogP contribution in [-0.4, -0.2) is 32.9 Å². The molecule has 3 rings (SSSR count). The van der Waals surface area contributed by atoms with E-state index in [0.717, 1.165) is 54.9 Å². The summed E-state index contributed by atoms with van der Waals surface area (Å²) < 4.78 is 22.5. The predicted molar refractivity (Wildman–Crippen MR) is 121 cm³/mol. The van der Waals surface area contributed by atoms with Crippen molar-refractivity contribution in [3.63, 3.8) is 0 Å². The van der Waals surface area contributed by atoms with Gasteiger partial charge < -0.3 is 18.9 Å². The third-order valence-corrected chi connectivity index (χ3v) is 5.66. The topological polar surface area (TPSA) is 54.0 Å². The second-order valence-corrected chi connectivity index (χ2v) is 7.84. The minimum absolute atomic E-state index is 0.112. The molecule has 5 heteroatoms. The number of hydrogen-bond donors (Lipinski definition) is 0. The molecule has 1 aliphatic rings. The van der Waals surface area contributed by atoms with Crippen LogP contribution in [0, 0.1) is 0 Å². The molecule has 0 N–H and O–H groups in total. The molecule has 0 amide bonds. The first-order valence-electron chi connectivity index (χ1n) is 11.4. The van der Waals surface area contributed by atoms with E-state index in [1.807, 2.05) is 31.2 Å². The van der Waals surface area contributed by atoms with Crippen LogP contribution >= 0.6 is 0 Å². The number of methoxy groups -OCH3 is 1. The van der Waals surface area contributed by atoms with Gasteiger partial charge in [0.25, 0.3) is 0 Å². The minimum atomic E-state index is -0.112. The number of hydrogen-bond acceptors (Lipinski definition) is 5. The molecule has 0 bridgehead atoms. The molecular weight excluding hydrogens is 392 g/mol. The highest BCUT2D eigenvalue weighted by atomic mass is 16.5. The van der Waals surface area contributed by atoms with E-state index in [9.17, 15) is 4.79 Å². The van der Waals surface area contributed by atoms with E-state index >= 15 is 0 Å². The molecule has 0 aliphatic heterocycles. The summed E-state index contributed by atoms with van der Waals surface area (Å²) in [5.74, 6) is 2.81. The van der Waals surface area contributed by atoms with Crippen molar-refractivity contribution in [3.05, 3.63) is 53.1 Å². The van der Waals surface area contributed by atoms with Gasteiger partial charge in [-0.2, -0.15) is 0 Å². The van der Waals surface area contributed by atoms with Crippen molar-refractivity contribution >= 4 is 5.97 Å². The van der Waals surface area contributed by atoms with Crippen LogP contribution in [0.1, 0.15) is 62.1 Å². The zero-order valence-electron chi connectivity index (χ0n) is 18.9. The van der Waals surface area contributed by atoms with Crippen LogP contribution in [0.2, 0.25) is 0 Å². The number of ether oxygens (including phenoxy) is 4. The first kappa shape index (κ1) is 23.0. The lowest BCUT2D eigenvalue weighted by atomic mass is 9.98. The first-order valence-corrected chi connectivity index (χ1v) is 11.4. The van der Waals surface area contributed by atoms with Crippen LogP contribution in [0.3, 0.4) is 0 Å². The van der Waals surface area contributed by atoms with Crippen LogP contribution in [0.5, 0.6) is 17.2 Å². The van der Waals surface area contributed by atoms with Crippen LogP contribution in [0.15, 0.2) is 36.4 Å². The normalized spacial score (nSPS) is 14.7. The van der Waals surface area contributed by atoms with Gasteiger partial charge in [0.05, 0.1) is 33.4 Å². The highest BCUT2D eigenvalue weighted by Gasteiger charge is 2.25. The Hall–Kier alpha value is -2.69. The molecule has 2 aromatic carbocycles. The van der Waals surface area contributed by atoms with Gasteiger partial charge in [-0.3, -0.25) is 4.79 Å². The van der Waals surface area contributed by atoms with Gasteiger partial charge in [-0.25, -0.2) is 0 Å². The molecule has 0 saturated heterocycles. The summed E-state index contributed by atoms with van der Waals surface area (Å²) in [6.45, 7) is 5.62. The Morgan fingerprint density at radius 1 is 1.06 bits per heavy atom. The Labute approximate surface area is 185 Å². The molecule has 168 valence electrons. The first-order chi connectivity index (χ1) is 15.2. The lowest BCUT2D eigenvalue weighted by molar-refractivity contribution is -0.143. The smallest absolute Gasteiger partial charge is 0.306 e. The van der Waals surface area contributed by atoms with Crippen LogP contribution in [0.25, 0.3) is 0 Å². The minimum Gasteiger partial charge on any atom is -0.496 e. The maximum absolute atomic E-state index is 11.8. The number of carbonyl (C=O) groups excluding carboxylic acids is 1. The zero-order chi connectivity index (χ0) is 22.1. The summed E-state index contributed by atoms with van der Waals surface area (Å²) in [6, 6.07) is 12.2. The molecule has 0 heterocycles. The van der Waals surface area contributed by atoms with Gasteiger partial charge in [-0.05, 0) is 67.5 Å². The highest BCUT2D eigenvalue weighted by molar-refractivity contribution is 5.71. The van der Waals surface area contributed by atoms with Gasteiger partial charge >= 0.3 is 5.97 Å².